The number of hydrazone groups is 1. The van der Waals surface area contributed by atoms with E-state index in [-0.39, 0.29) is 18.3 Å². The zero-order chi connectivity index (χ0) is 16.3. The van der Waals surface area contributed by atoms with Crippen LogP contribution in [0.5, 0.6) is 5.75 Å². The number of ether oxygens (including phenoxy) is 1. The highest BCUT2D eigenvalue weighted by molar-refractivity contribution is 7.99. The molecular formula is C15H13N5O2S. The van der Waals surface area contributed by atoms with Crippen LogP contribution in [-0.4, -0.2) is 34.4 Å². The molecule has 8 heteroatoms. The third kappa shape index (κ3) is 6.15. The molecule has 0 fully saturated rings. The zero-order valence-corrected chi connectivity index (χ0v) is 12.9. The van der Waals surface area contributed by atoms with Gasteiger partial charge in [0.1, 0.15) is 11.8 Å². The Morgan fingerprint density at radius 2 is 2.09 bits per heavy atom. The Balaban J connectivity index is 1.75. The number of carbonyl (C=O) groups excluding carboxylic acids is 1. The molecular weight excluding hydrogens is 314 g/mol. The minimum absolute atomic E-state index is 0.00624. The topological polar surface area (TPSA) is 100 Å². The average Bonchev–Trinajstić information content (AvgIpc) is 2.60. The summed E-state index contributed by atoms with van der Waals surface area (Å²) in [5.74, 6) is 0.544. The average molecular weight is 327 g/mol. The van der Waals surface area contributed by atoms with Crippen LogP contribution in [0.15, 0.2) is 53.0 Å². The predicted molar refractivity (Wildman–Crippen MR) is 86.0 cm³/mol. The van der Waals surface area contributed by atoms with E-state index in [1.54, 1.807) is 42.7 Å². The number of thioether (sulfide) groups is 1. The molecule has 0 atom stereocenters. The van der Waals surface area contributed by atoms with Crippen LogP contribution >= 0.6 is 11.8 Å². The first-order valence-corrected chi connectivity index (χ1v) is 7.58. The molecule has 1 aromatic heterocycles. The maximum Gasteiger partial charge on any atom is 0.250 e. The molecule has 0 aliphatic carbocycles. The molecule has 2 rings (SSSR count). The highest BCUT2D eigenvalue weighted by Gasteiger charge is 2.02. The molecule has 23 heavy (non-hydrogen) atoms. The molecule has 0 spiro atoms. The minimum Gasteiger partial charge on any atom is -0.479 e. The van der Waals surface area contributed by atoms with E-state index in [0.717, 1.165) is 5.56 Å². The first-order valence-electron chi connectivity index (χ1n) is 6.59. The van der Waals surface area contributed by atoms with Crippen molar-refractivity contribution in [1.82, 2.24) is 15.4 Å². The number of benzene rings is 1. The minimum atomic E-state index is -0.243. The summed E-state index contributed by atoms with van der Waals surface area (Å²) in [7, 11) is 0. The Bertz CT molecular complexity index is 698. The first-order chi connectivity index (χ1) is 11.3. The van der Waals surface area contributed by atoms with Crippen LogP contribution in [0.4, 0.5) is 0 Å². The second-order valence-electron chi connectivity index (χ2n) is 4.13. The Morgan fingerprint density at radius 1 is 1.35 bits per heavy atom. The maximum absolute atomic E-state index is 11.6. The van der Waals surface area contributed by atoms with Gasteiger partial charge in [0.25, 0.3) is 5.91 Å². The molecule has 1 aromatic carbocycles. The van der Waals surface area contributed by atoms with Crippen molar-refractivity contribution in [3.8, 4) is 11.8 Å². The van der Waals surface area contributed by atoms with Crippen LogP contribution in [0.1, 0.15) is 5.56 Å². The van der Waals surface area contributed by atoms with Gasteiger partial charge in [-0.05, 0) is 35.9 Å². The zero-order valence-electron chi connectivity index (χ0n) is 12.0. The van der Waals surface area contributed by atoms with Gasteiger partial charge in [0.15, 0.2) is 11.8 Å². The van der Waals surface area contributed by atoms with Gasteiger partial charge in [-0.15, -0.1) is 0 Å². The molecule has 116 valence electrons. The quantitative estimate of drug-likeness (QED) is 0.359. The number of hydrogen-bond acceptors (Lipinski definition) is 7. The first kappa shape index (κ1) is 16.5. The third-order valence-corrected chi connectivity index (χ3v) is 3.34. The third-order valence-electron chi connectivity index (χ3n) is 2.46. The molecule has 1 N–H and O–H groups in total. The molecule has 0 bridgehead atoms. The molecule has 1 heterocycles. The van der Waals surface area contributed by atoms with Crippen LogP contribution in [-0.2, 0) is 4.79 Å². The monoisotopic (exact) mass is 327 g/mol. The molecule has 0 saturated heterocycles. The van der Waals surface area contributed by atoms with Gasteiger partial charge in [-0.1, -0.05) is 11.8 Å². The molecule has 0 saturated carbocycles. The lowest BCUT2D eigenvalue weighted by Crippen LogP contribution is -2.19. The lowest BCUT2D eigenvalue weighted by molar-refractivity contribution is -0.118. The summed E-state index contributed by atoms with van der Waals surface area (Å²) >= 11 is 1.23. The fraction of sp³-hybridized carbons (Fsp3) is 0.133. The Morgan fingerprint density at radius 3 is 2.78 bits per heavy atom. The van der Waals surface area contributed by atoms with Gasteiger partial charge in [0.05, 0.1) is 12.0 Å². The van der Waals surface area contributed by atoms with Crippen LogP contribution < -0.4 is 10.2 Å². The van der Waals surface area contributed by atoms with Gasteiger partial charge >= 0.3 is 0 Å². The van der Waals surface area contributed by atoms with E-state index >= 15 is 0 Å². The van der Waals surface area contributed by atoms with E-state index in [1.165, 1.54) is 18.0 Å². The van der Waals surface area contributed by atoms with E-state index in [4.69, 9.17) is 10.00 Å². The van der Waals surface area contributed by atoms with Crippen LogP contribution in [0.25, 0.3) is 0 Å². The second kappa shape index (κ2) is 9.17. The Kier molecular flexibility index (Phi) is 6.56. The largest absolute Gasteiger partial charge is 0.479 e. The Labute approximate surface area is 137 Å². The van der Waals surface area contributed by atoms with Crippen LogP contribution in [0.3, 0.4) is 0 Å². The summed E-state index contributed by atoms with van der Waals surface area (Å²) < 4.78 is 5.14. The highest BCUT2D eigenvalue weighted by atomic mass is 32.2. The number of nitrogens with zero attached hydrogens (tertiary/aromatic N) is 4. The van der Waals surface area contributed by atoms with Crippen molar-refractivity contribution < 1.29 is 9.53 Å². The summed E-state index contributed by atoms with van der Waals surface area (Å²) in [5, 5.41) is 12.8. The van der Waals surface area contributed by atoms with Crippen molar-refractivity contribution in [3.63, 3.8) is 0 Å². The number of nitrogens with one attached hydrogen (secondary N) is 1. The van der Waals surface area contributed by atoms with Crippen LogP contribution in [0.2, 0.25) is 0 Å². The van der Waals surface area contributed by atoms with Crippen molar-refractivity contribution in [2.75, 3.05) is 12.4 Å². The van der Waals surface area contributed by atoms with Gasteiger partial charge in [-0.2, -0.15) is 10.4 Å². The number of rotatable bonds is 7. The van der Waals surface area contributed by atoms with E-state index in [9.17, 15) is 4.79 Å². The van der Waals surface area contributed by atoms with Crippen molar-refractivity contribution in [2.45, 2.75) is 5.16 Å². The number of carbonyl (C=O) groups is 1. The lowest BCUT2D eigenvalue weighted by Gasteiger charge is -2.01. The summed E-state index contributed by atoms with van der Waals surface area (Å²) in [4.78, 5) is 19.6. The maximum atomic E-state index is 11.6. The number of hydrogen-bond donors (Lipinski definition) is 1. The van der Waals surface area contributed by atoms with E-state index in [1.807, 2.05) is 6.07 Å². The van der Waals surface area contributed by atoms with Crippen molar-refractivity contribution in [2.24, 2.45) is 5.10 Å². The molecule has 0 aliphatic heterocycles. The number of nitriles is 1. The second-order valence-corrected chi connectivity index (χ2v) is 5.07. The van der Waals surface area contributed by atoms with Crippen molar-refractivity contribution in [1.29, 1.82) is 5.26 Å². The molecule has 2 aromatic rings. The lowest BCUT2D eigenvalue weighted by atomic mass is 10.2. The molecule has 1 amide bonds. The standard InChI is InChI=1S/C15H13N5O2S/c16-6-9-22-13-4-2-12(3-5-13)10-19-20-14(21)11-23-15-17-7-1-8-18-15/h1-5,7-8,10H,9,11H2,(H,20,21)/b19-10-. The fourth-order valence-corrected chi connectivity index (χ4v) is 2.06. The molecule has 0 aliphatic rings. The fourth-order valence-electron chi connectivity index (χ4n) is 1.47. The normalized spacial score (nSPS) is 10.2. The SMILES string of the molecule is N#CCOc1ccc(/C=N\NC(=O)CSc2ncccn2)cc1. The summed E-state index contributed by atoms with van der Waals surface area (Å²) in [6.07, 6.45) is 4.76. The smallest absolute Gasteiger partial charge is 0.250 e. The number of aromatic nitrogens is 2. The molecule has 0 radical (unpaired) electrons. The molecule has 0 unspecified atom stereocenters. The van der Waals surface area contributed by atoms with Gasteiger partial charge < -0.3 is 4.74 Å². The predicted octanol–water partition coefficient (Wildman–Crippen LogP) is 1.62. The summed E-state index contributed by atoms with van der Waals surface area (Å²) in [6, 6.07) is 10.6. The highest BCUT2D eigenvalue weighted by Crippen LogP contribution is 2.11. The van der Waals surface area contributed by atoms with Crippen molar-refractivity contribution in [3.05, 3.63) is 48.3 Å². The van der Waals surface area contributed by atoms with Gasteiger partial charge in [-0.3, -0.25) is 4.79 Å². The Hall–Kier alpha value is -2.92. The number of amides is 1. The summed E-state index contributed by atoms with van der Waals surface area (Å²) in [5.41, 5.74) is 3.23. The van der Waals surface area contributed by atoms with E-state index in [0.29, 0.717) is 10.9 Å². The van der Waals surface area contributed by atoms with E-state index < -0.39 is 0 Å². The summed E-state index contributed by atoms with van der Waals surface area (Å²) in [6.45, 7) is 0.00624. The van der Waals surface area contributed by atoms with Crippen LogP contribution in [0, 0.1) is 11.3 Å². The van der Waals surface area contributed by atoms with Gasteiger partial charge in [0, 0.05) is 12.4 Å². The van der Waals surface area contributed by atoms with Crippen molar-refractivity contribution >= 4 is 23.9 Å². The van der Waals surface area contributed by atoms with E-state index in [2.05, 4.69) is 20.5 Å². The molecule has 7 nitrogen and oxygen atoms in total. The van der Waals surface area contributed by atoms with Gasteiger partial charge in [-0.25, -0.2) is 15.4 Å². The van der Waals surface area contributed by atoms with Gasteiger partial charge in [0.2, 0.25) is 0 Å².